The van der Waals surface area contributed by atoms with Crippen LogP contribution in [0.2, 0.25) is 0 Å². The maximum absolute atomic E-state index is 12.2. The van der Waals surface area contributed by atoms with E-state index in [0.29, 0.717) is 5.13 Å². The lowest BCUT2D eigenvalue weighted by Crippen LogP contribution is -2.23. The van der Waals surface area contributed by atoms with Crippen molar-refractivity contribution >= 4 is 38.3 Å². The Morgan fingerprint density at radius 2 is 2.14 bits per heavy atom. The van der Waals surface area contributed by atoms with E-state index in [0.717, 1.165) is 35.0 Å². The minimum atomic E-state index is 0.0359. The molecule has 1 aromatic heterocycles. The summed E-state index contributed by atoms with van der Waals surface area (Å²) >= 11 is 4.97. The fraction of sp³-hybridized carbons (Fsp3) is 0.375. The number of nitrogens with two attached hydrogens (primary N) is 1. The van der Waals surface area contributed by atoms with Crippen LogP contribution in [0.1, 0.15) is 29.7 Å². The van der Waals surface area contributed by atoms with E-state index in [9.17, 15) is 4.79 Å². The Hall–Kier alpha value is -1.24. The van der Waals surface area contributed by atoms with Crippen LogP contribution in [0.25, 0.3) is 0 Å². The molecule has 1 heterocycles. The summed E-state index contributed by atoms with van der Waals surface area (Å²) in [7, 11) is 0. The Balaban J connectivity index is 1.59. The highest BCUT2D eigenvalue weighted by atomic mass is 79.9. The number of hydrogen-bond donors (Lipinski definition) is 2. The van der Waals surface area contributed by atoms with E-state index in [-0.39, 0.29) is 17.9 Å². The molecule has 1 aliphatic rings. The van der Waals surface area contributed by atoms with Crippen LogP contribution < -0.4 is 11.1 Å². The number of nitrogens with one attached hydrogen (secondary N) is 1. The van der Waals surface area contributed by atoms with Gasteiger partial charge in [0.1, 0.15) is 0 Å². The number of benzene rings is 1. The zero-order valence-corrected chi connectivity index (χ0v) is 14.5. The summed E-state index contributed by atoms with van der Waals surface area (Å²) in [5.74, 6) is 0.0892. The summed E-state index contributed by atoms with van der Waals surface area (Å²) < 4.78 is 1.07. The lowest BCUT2D eigenvalue weighted by molar-refractivity contribution is -0.119. The van der Waals surface area contributed by atoms with Crippen LogP contribution in [0.4, 0.5) is 5.13 Å². The first-order valence-corrected chi connectivity index (χ1v) is 8.96. The van der Waals surface area contributed by atoms with Gasteiger partial charge in [-0.15, -0.1) is 11.3 Å². The molecular formula is C16H18BrN3OS. The van der Waals surface area contributed by atoms with Gasteiger partial charge in [-0.2, -0.15) is 0 Å². The fourth-order valence-corrected chi connectivity index (χ4v) is 3.83. The maximum Gasteiger partial charge on any atom is 0.229 e. The lowest BCUT2D eigenvalue weighted by Gasteiger charge is -2.08. The van der Waals surface area contributed by atoms with Crippen LogP contribution in [-0.2, 0) is 11.2 Å². The van der Waals surface area contributed by atoms with Gasteiger partial charge in [0.25, 0.3) is 0 Å². The monoisotopic (exact) mass is 379 g/mol. The topological polar surface area (TPSA) is 68.0 Å². The summed E-state index contributed by atoms with van der Waals surface area (Å²) in [6.45, 7) is 0. The van der Waals surface area contributed by atoms with E-state index < -0.39 is 0 Å². The van der Waals surface area contributed by atoms with Gasteiger partial charge in [-0.05, 0) is 37.0 Å². The molecular weight excluding hydrogens is 362 g/mol. The van der Waals surface area contributed by atoms with Gasteiger partial charge in [-0.25, -0.2) is 4.98 Å². The van der Waals surface area contributed by atoms with Gasteiger partial charge >= 0.3 is 0 Å². The Morgan fingerprint density at radius 3 is 2.82 bits per heavy atom. The van der Waals surface area contributed by atoms with E-state index in [1.807, 2.05) is 18.3 Å². The standard InChI is InChI=1S/C16H18BrN3OS/c17-12-4-1-10(2-5-12)7-14-9-19-16(22-14)20-15(21)11-3-6-13(18)8-11/h1-2,4-5,9,11,13H,3,6-8,18H2,(H,19,20,21). The largest absolute Gasteiger partial charge is 0.328 e. The van der Waals surface area contributed by atoms with Crippen molar-refractivity contribution in [2.45, 2.75) is 31.7 Å². The molecule has 0 saturated heterocycles. The average molecular weight is 380 g/mol. The van der Waals surface area contributed by atoms with Crippen LogP contribution in [0.3, 0.4) is 0 Å². The molecule has 0 radical (unpaired) electrons. The van der Waals surface area contributed by atoms with Gasteiger partial charge in [-0.3, -0.25) is 4.79 Å². The van der Waals surface area contributed by atoms with E-state index in [4.69, 9.17) is 5.73 Å². The predicted molar refractivity (Wildman–Crippen MR) is 93.0 cm³/mol. The average Bonchev–Trinajstić information content (AvgIpc) is 3.11. The number of anilines is 1. The Morgan fingerprint density at radius 1 is 1.36 bits per heavy atom. The van der Waals surface area contributed by atoms with Gasteiger partial charge in [-0.1, -0.05) is 28.1 Å². The highest BCUT2D eigenvalue weighted by Gasteiger charge is 2.28. The molecule has 6 heteroatoms. The van der Waals surface area contributed by atoms with Crippen LogP contribution in [0.15, 0.2) is 34.9 Å². The zero-order chi connectivity index (χ0) is 15.5. The number of halogens is 1. The minimum Gasteiger partial charge on any atom is -0.328 e. The van der Waals surface area contributed by atoms with Crippen molar-refractivity contribution in [3.63, 3.8) is 0 Å². The first kappa shape index (κ1) is 15.6. The van der Waals surface area contributed by atoms with Crippen molar-refractivity contribution in [2.75, 3.05) is 5.32 Å². The molecule has 116 valence electrons. The first-order valence-electron chi connectivity index (χ1n) is 7.36. The van der Waals surface area contributed by atoms with Crippen molar-refractivity contribution in [1.82, 2.24) is 4.98 Å². The fourth-order valence-electron chi connectivity index (χ4n) is 2.71. The van der Waals surface area contributed by atoms with Gasteiger partial charge < -0.3 is 11.1 Å². The molecule has 3 N–H and O–H groups in total. The second-order valence-electron chi connectivity index (χ2n) is 5.69. The molecule has 2 aromatic rings. The van der Waals surface area contributed by atoms with E-state index in [2.05, 4.69) is 38.4 Å². The third-order valence-electron chi connectivity index (χ3n) is 3.92. The normalized spacial score (nSPS) is 21.0. The quantitative estimate of drug-likeness (QED) is 0.852. The maximum atomic E-state index is 12.2. The van der Waals surface area contributed by atoms with Crippen molar-refractivity contribution < 1.29 is 4.79 Å². The second-order valence-corrected chi connectivity index (χ2v) is 7.73. The molecule has 1 amide bonds. The molecule has 1 aliphatic carbocycles. The van der Waals surface area contributed by atoms with E-state index >= 15 is 0 Å². The van der Waals surface area contributed by atoms with Crippen LogP contribution in [0, 0.1) is 5.92 Å². The molecule has 3 rings (SSSR count). The number of thiazole rings is 1. The first-order chi connectivity index (χ1) is 10.6. The molecule has 22 heavy (non-hydrogen) atoms. The number of carbonyl (C=O) groups is 1. The number of amides is 1. The zero-order valence-electron chi connectivity index (χ0n) is 12.1. The van der Waals surface area contributed by atoms with E-state index in [1.54, 1.807) is 0 Å². The number of carbonyl (C=O) groups excluding carboxylic acids is 1. The molecule has 1 fully saturated rings. The highest BCUT2D eigenvalue weighted by molar-refractivity contribution is 9.10. The molecule has 0 bridgehead atoms. The number of hydrogen-bond acceptors (Lipinski definition) is 4. The summed E-state index contributed by atoms with van der Waals surface area (Å²) in [6, 6.07) is 8.40. The molecule has 0 spiro atoms. The van der Waals surface area contributed by atoms with Gasteiger partial charge in [0.15, 0.2) is 5.13 Å². The Bertz CT molecular complexity index is 656. The molecule has 2 unspecified atom stereocenters. The second kappa shape index (κ2) is 6.89. The van der Waals surface area contributed by atoms with Gasteiger partial charge in [0.2, 0.25) is 5.91 Å². The molecule has 0 aliphatic heterocycles. The number of nitrogens with zero attached hydrogens (tertiary/aromatic N) is 1. The SMILES string of the molecule is NC1CCC(C(=O)Nc2ncc(Cc3ccc(Br)cc3)s2)C1. The summed E-state index contributed by atoms with van der Waals surface area (Å²) in [4.78, 5) is 17.6. The van der Waals surface area contributed by atoms with Crippen LogP contribution >= 0.6 is 27.3 Å². The van der Waals surface area contributed by atoms with Crippen LogP contribution in [-0.4, -0.2) is 16.9 Å². The molecule has 2 atom stereocenters. The smallest absolute Gasteiger partial charge is 0.229 e. The Kier molecular flexibility index (Phi) is 4.90. The van der Waals surface area contributed by atoms with Crippen molar-refractivity contribution in [1.29, 1.82) is 0 Å². The number of aromatic nitrogens is 1. The van der Waals surface area contributed by atoms with Gasteiger partial charge in [0.05, 0.1) is 0 Å². The van der Waals surface area contributed by atoms with Crippen molar-refractivity contribution in [2.24, 2.45) is 11.7 Å². The lowest BCUT2D eigenvalue weighted by atomic mass is 10.1. The molecule has 1 saturated carbocycles. The minimum absolute atomic E-state index is 0.0359. The third-order valence-corrected chi connectivity index (χ3v) is 5.36. The molecule has 4 nitrogen and oxygen atoms in total. The van der Waals surface area contributed by atoms with E-state index in [1.165, 1.54) is 16.9 Å². The summed E-state index contributed by atoms with van der Waals surface area (Å²) in [6.07, 6.45) is 5.26. The summed E-state index contributed by atoms with van der Waals surface area (Å²) in [5, 5.41) is 3.60. The summed E-state index contributed by atoms with van der Waals surface area (Å²) in [5.41, 5.74) is 7.09. The van der Waals surface area contributed by atoms with Crippen molar-refractivity contribution in [3.8, 4) is 0 Å². The van der Waals surface area contributed by atoms with Gasteiger partial charge in [0, 0.05) is 33.9 Å². The third kappa shape index (κ3) is 3.94. The predicted octanol–water partition coefficient (Wildman–Crippen LogP) is 3.56. The van der Waals surface area contributed by atoms with Crippen LogP contribution in [0.5, 0.6) is 0 Å². The highest BCUT2D eigenvalue weighted by Crippen LogP contribution is 2.27. The van der Waals surface area contributed by atoms with Crippen molar-refractivity contribution in [3.05, 3.63) is 45.4 Å². The number of rotatable bonds is 4. The Labute approximate surface area is 142 Å². The molecule has 1 aromatic carbocycles.